The Morgan fingerprint density at radius 1 is 1.00 bits per heavy atom. The lowest BCUT2D eigenvalue weighted by Gasteiger charge is -2.13. The second-order valence-electron chi connectivity index (χ2n) is 5.83. The van der Waals surface area contributed by atoms with Crippen molar-refractivity contribution >= 4 is 22.6 Å². The standard InChI is InChI=1S/C20H14N2O3/c21-12-6-5-11-7-17-16(14-3-1-2-4-15(14)20(23)24)8-13(22)10-19(17)25-18(11)9-12/h1-10,21H,22H2,(H,23,24). The van der Waals surface area contributed by atoms with Crippen LogP contribution in [0.4, 0.5) is 5.69 Å². The average Bonchev–Trinajstić information content (AvgIpc) is 2.59. The summed E-state index contributed by atoms with van der Waals surface area (Å²) in [5.41, 5.74) is 9.37. The van der Waals surface area contributed by atoms with Gasteiger partial charge in [0.2, 0.25) is 0 Å². The molecule has 0 saturated carbocycles. The summed E-state index contributed by atoms with van der Waals surface area (Å²) in [6.07, 6.45) is 0. The van der Waals surface area contributed by atoms with Crippen LogP contribution < -0.4 is 11.1 Å². The van der Waals surface area contributed by atoms with Gasteiger partial charge in [-0.3, -0.25) is 0 Å². The summed E-state index contributed by atoms with van der Waals surface area (Å²) < 4.78 is 5.92. The first kappa shape index (κ1) is 15.0. The monoisotopic (exact) mass is 330 g/mol. The minimum Gasteiger partial charge on any atom is -0.478 e. The van der Waals surface area contributed by atoms with Gasteiger partial charge in [0.25, 0.3) is 0 Å². The fourth-order valence-corrected chi connectivity index (χ4v) is 3.02. The summed E-state index contributed by atoms with van der Waals surface area (Å²) in [7, 11) is 0. The highest BCUT2D eigenvalue weighted by atomic mass is 16.4. The Balaban J connectivity index is 2.12. The topological polar surface area (TPSA) is 100 Å². The summed E-state index contributed by atoms with van der Waals surface area (Å²) >= 11 is 0. The van der Waals surface area contributed by atoms with Crippen molar-refractivity contribution in [2.75, 3.05) is 5.73 Å². The Bertz CT molecular complexity index is 1160. The maximum Gasteiger partial charge on any atom is 0.336 e. The molecule has 0 radical (unpaired) electrons. The van der Waals surface area contributed by atoms with E-state index in [-0.39, 0.29) is 5.56 Å². The minimum atomic E-state index is -0.997. The predicted octanol–water partition coefficient (Wildman–Crippen LogP) is 3.96. The fraction of sp³-hybridized carbons (Fsp3) is 0. The van der Waals surface area contributed by atoms with Crippen molar-refractivity contribution in [1.29, 1.82) is 5.41 Å². The zero-order valence-electron chi connectivity index (χ0n) is 13.1. The van der Waals surface area contributed by atoms with E-state index < -0.39 is 5.97 Å². The number of fused-ring (bicyclic) bond motifs is 2. The Hall–Kier alpha value is -3.60. The molecule has 4 N–H and O–H groups in total. The highest BCUT2D eigenvalue weighted by Gasteiger charge is 2.16. The second-order valence-corrected chi connectivity index (χ2v) is 5.83. The summed E-state index contributed by atoms with van der Waals surface area (Å²) in [5.74, 6) is -0.411. The number of hydrogen-bond donors (Lipinski definition) is 3. The van der Waals surface area contributed by atoms with Crippen molar-refractivity contribution in [3.05, 3.63) is 71.6 Å². The van der Waals surface area contributed by atoms with Crippen LogP contribution in [0, 0.1) is 5.41 Å². The summed E-state index contributed by atoms with van der Waals surface area (Å²) in [6, 6.07) is 17.3. The molecule has 0 fully saturated rings. The van der Waals surface area contributed by atoms with Crippen LogP contribution in [0.15, 0.2) is 65.1 Å². The zero-order valence-corrected chi connectivity index (χ0v) is 13.1. The van der Waals surface area contributed by atoms with Crippen molar-refractivity contribution in [3.63, 3.8) is 0 Å². The number of carboxylic acid groups (broad SMARTS) is 1. The van der Waals surface area contributed by atoms with Gasteiger partial charge in [-0.1, -0.05) is 18.2 Å². The first-order valence-corrected chi connectivity index (χ1v) is 7.67. The molecule has 5 nitrogen and oxygen atoms in total. The molecule has 5 heteroatoms. The molecule has 0 bridgehead atoms. The first-order chi connectivity index (χ1) is 12.0. The molecule has 2 aromatic rings. The quantitative estimate of drug-likeness (QED) is 0.382. The van der Waals surface area contributed by atoms with Gasteiger partial charge < -0.3 is 20.7 Å². The molecule has 4 rings (SSSR count). The van der Waals surface area contributed by atoms with Gasteiger partial charge in [0, 0.05) is 28.8 Å². The lowest BCUT2D eigenvalue weighted by atomic mass is 9.94. The predicted molar refractivity (Wildman–Crippen MR) is 95.5 cm³/mol. The highest BCUT2D eigenvalue weighted by Crippen LogP contribution is 2.37. The number of carbonyl (C=O) groups is 1. The molecule has 0 saturated heterocycles. The molecule has 0 unspecified atom stereocenters. The van der Waals surface area contributed by atoms with Gasteiger partial charge in [0.1, 0.15) is 11.3 Å². The van der Waals surface area contributed by atoms with Crippen molar-refractivity contribution < 1.29 is 14.3 Å². The fourth-order valence-electron chi connectivity index (χ4n) is 3.02. The SMILES string of the molecule is N=c1ccc2cc3c(-c4ccccc4C(=O)O)cc(N)cc3oc-2c1. The van der Waals surface area contributed by atoms with Gasteiger partial charge in [-0.25, -0.2) is 4.79 Å². The van der Waals surface area contributed by atoms with Gasteiger partial charge >= 0.3 is 5.97 Å². The second kappa shape index (κ2) is 5.49. The number of nitrogens with two attached hydrogens (primary N) is 1. The third-order valence-corrected chi connectivity index (χ3v) is 4.15. The molecule has 122 valence electrons. The van der Waals surface area contributed by atoms with E-state index in [1.54, 1.807) is 48.5 Å². The maximum absolute atomic E-state index is 11.6. The molecule has 0 amide bonds. The van der Waals surface area contributed by atoms with Crippen LogP contribution in [0.25, 0.3) is 33.4 Å². The summed E-state index contributed by atoms with van der Waals surface area (Å²) in [6.45, 7) is 0. The molecule has 2 aromatic carbocycles. The first-order valence-electron chi connectivity index (χ1n) is 7.67. The minimum absolute atomic E-state index is 0.205. The van der Waals surface area contributed by atoms with E-state index in [2.05, 4.69) is 0 Å². The lowest BCUT2D eigenvalue weighted by Crippen LogP contribution is -2.01. The Morgan fingerprint density at radius 3 is 2.60 bits per heavy atom. The third kappa shape index (κ3) is 2.52. The van der Waals surface area contributed by atoms with Crippen LogP contribution in [-0.4, -0.2) is 11.1 Å². The maximum atomic E-state index is 11.6. The van der Waals surface area contributed by atoms with Gasteiger partial charge in [0.05, 0.1) is 10.9 Å². The van der Waals surface area contributed by atoms with Crippen LogP contribution in [0.5, 0.6) is 0 Å². The molecule has 0 atom stereocenters. The Kier molecular flexibility index (Phi) is 3.28. The van der Waals surface area contributed by atoms with Crippen molar-refractivity contribution in [2.24, 2.45) is 0 Å². The van der Waals surface area contributed by atoms with Crippen LogP contribution in [0.2, 0.25) is 0 Å². The number of hydrogen-bond acceptors (Lipinski definition) is 4. The third-order valence-electron chi connectivity index (χ3n) is 4.15. The normalized spacial score (nSPS) is 11.0. The van der Waals surface area contributed by atoms with E-state index in [4.69, 9.17) is 15.6 Å². The van der Waals surface area contributed by atoms with Crippen LogP contribution in [-0.2, 0) is 0 Å². The number of nitrogens with one attached hydrogen (secondary N) is 1. The van der Waals surface area contributed by atoms with E-state index >= 15 is 0 Å². The van der Waals surface area contributed by atoms with E-state index in [0.717, 1.165) is 10.9 Å². The van der Waals surface area contributed by atoms with Crippen molar-refractivity contribution in [3.8, 4) is 22.5 Å². The summed E-state index contributed by atoms with van der Waals surface area (Å²) in [5, 5.41) is 18.4. The molecule has 1 aliphatic heterocycles. The molecular weight excluding hydrogens is 316 g/mol. The molecule has 1 heterocycles. The molecule has 1 aliphatic carbocycles. The molecule has 0 aromatic heterocycles. The number of nitrogen functional groups attached to an aromatic ring is 1. The van der Waals surface area contributed by atoms with Crippen LogP contribution in [0.3, 0.4) is 0 Å². The van der Waals surface area contributed by atoms with Gasteiger partial charge in [-0.15, -0.1) is 0 Å². The van der Waals surface area contributed by atoms with E-state index in [1.807, 2.05) is 12.1 Å². The van der Waals surface area contributed by atoms with E-state index in [9.17, 15) is 9.90 Å². The number of aromatic carboxylic acids is 1. The Labute approximate surface area is 142 Å². The van der Waals surface area contributed by atoms with E-state index in [1.165, 1.54) is 0 Å². The molecular formula is C20H14N2O3. The highest BCUT2D eigenvalue weighted by molar-refractivity contribution is 6.04. The lowest BCUT2D eigenvalue weighted by molar-refractivity contribution is 0.0697. The van der Waals surface area contributed by atoms with Crippen LogP contribution in [0.1, 0.15) is 10.4 Å². The van der Waals surface area contributed by atoms with Crippen molar-refractivity contribution in [1.82, 2.24) is 0 Å². The Morgan fingerprint density at radius 2 is 1.80 bits per heavy atom. The number of benzene rings is 3. The van der Waals surface area contributed by atoms with E-state index in [0.29, 0.717) is 33.5 Å². The van der Waals surface area contributed by atoms with Gasteiger partial charge in [0.15, 0.2) is 0 Å². The largest absolute Gasteiger partial charge is 0.478 e. The summed E-state index contributed by atoms with van der Waals surface area (Å²) in [4.78, 5) is 11.6. The molecule has 25 heavy (non-hydrogen) atoms. The number of rotatable bonds is 2. The average molecular weight is 330 g/mol. The number of anilines is 1. The van der Waals surface area contributed by atoms with Gasteiger partial charge in [-0.2, -0.15) is 0 Å². The smallest absolute Gasteiger partial charge is 0.336 e. The molecule has 0 spiro atoms. The number of carboxylic acids is 1. The van der Waals surface area contributed by atoms with Gasteiger partial charge in [-0.05, 0) is 41.5 Å². The molecule has 2 aliphatic rings. The zero-order chi connectivity index (χ0) is 17.6. The van der Waals surface area contributed by atoms with Crippen molar-refractivity contribution in [2.45, 2.75) is 0 Å². The van der Waals surface area contributed by atoms with Crippen LogP contribution >= 0.6 is 0 Å².